The number of hydrogen-bond donors (Lipinski definition) is 4. The number of benzene rings is 4. The highest BCUT2D eigenvalue weighted by Gasteiger charge is 2.09. The highest BCUT2D eigenvalue weighted by atomic mass is 16.2. The number of carbonyl (C=O) groups excluding carboxylic acids is 3. The summed E-state index contributed by atoms with van der Waals surface area (Å²) in [7, 11) is 0. The summed E-state index contributed by atoms with van der Waals surface area (Å²) in [4.78, 5) is 37.3. The molecule has 4 aromatic rings. The van der Waals surface area contributed by atoms with Gasteiger partial charge in [-0.25, -0.2) is 0 Å². The van der Waals surface area contributed by atoms with E-state index in [1.54, 1.807) is 54.6 Å². The Morgan fingerprint density at radius 1 is 0.622 bits per heavy atom. The van der Waals surface area contributed by atoms with Gasteiger partial charge < -0.3 is 21.3 Å². The van der Waals surface area contributed by atoms with Gasteiger partial charge in [-0.1, -0.05) is 54.1 Å². The van der Waals surface area contributed by atoms with Crippen molar-refractivity contribution in [1.29, 1.82) is 0 Å². The smallest absolute Gasteiger partial charge is 0.255 e. The van der Waals surface area contributed by atoms with Gasteiger partial charge in [0.05, 0.1) is 6.54 Å². The van der Waals surface area contributed by atoms with E-state index in [9.17, 15) is 14.4 Å². The highest BCUT2D eigenvalue weighted by Crippen LogP contribution is 2.16. The van der Waals surface area contributed by atoms with Gasteiger partial charge in [0.25, 0.3) is 11.8 Å². The molecular formula is C30H28N4O3. The number of amides is 3. The Morgan fingerprint density at radius 2 is 1.30 bits per heavy atom. The summed E-state index contributed by atoms with van der Waals surface area (Å²) in [6, 6.07) is 31.0. The van der Waals surface area contributed by atoms with E-state index in [0.29, 0.717) is 29.0 Å². The van der Waals surface area contributed by atoms with Crippen molar-refractivity contribution >= 4 is 34.8 Å². The molecule has 37 heavy (non-hydrogen) atoms. The van der Waals surface area contributed by atoms with Crippen LogP contribution in [0.1, 0.15) is 31.8 Å². The first kappa shape index (κ1) is 25.2. The molecule has 0 saturated carbocycles. The first-order valence-corrected chi connectivity index (χ1v) is 11.9. The van der Waals surface area contributed by atoms with Crippen LogP contribution in [0, 0.1) is 6.92 Å². The van der Waals surface area contributed by atoms with Crippen molar-refractivity contribution in [3.63, 3.8) is 0 Å². The van der Waals surface area contributed by atoms with Gasteiger partial charge in [0.2, 0.25) is 5.91 Å². The van der Waals surface area contributed by atoms with Crippen molar-refractivity contribution in [1.82, 2.24) is 5.32 Å². The lowest BCUT2D eigenvalue weighted by atomic mass is 10.1. The van der Waals surface area contributed by atoms with E-state index in [2.05, 4.69) is 21.3 Å². The number of anilines is 3. The Balaban J connectivity index is 1.25. The van der Waals surface area contributed by atoms with Gasteiger partial charge in [-0.05, 0) is 67.1 Å². The molecule has 186 valence electrons. The second-order valence-corrected chi connectivity index (χ2v) is 8.55. The highest BCUT2D eigenvalue weighted by molar-refractivity contribution is 6.04. The van der Waals surface area contributed by atoms with Gasteiger partial charge >= 0.3 is 0 Å². The van der Waals surface area contributed by atoms with E-state index in [1.807, 2.05) is 55.5 Å². The average Bonchev–Trinajstić information content (AvgIpc) is 2.92. The maximum Gasteiger partial charge on any atom is 0.255 e. The lowest BCUT2D eigenvalue weighted by molar-refractivity contribution is -0.114. The molecule has 0 spiro atoms. The third-order valence-corrected chi connectivity index (χ3v) is 5.58. The predicted octanol–water partition coefficient (Wildman–Crippen LogP) is 5.23. The Hall–Kier alpha value is -4.91. The summed E-state index contributed by atoms with van der Waals surface area (Å²) < 4.78 is 0. The van der Waals surface area contributed by atoms with Crippen LogP contribution in [0.25, 0.3) is 0 Å². The maximum absolute atomic E-state index is 12.5. The maximum atomic E-state index is 12.5. The molecule has 0 aromatic heterocycles. The molecule has 7 nitrogen and oxygen atoms in total. The molecule has 0 heterocycles. The van der Waals surface area contributed by atoms with Crippen LogP contribution in [-0.4, -0.2) is 24.3 Å². The zero-order valence-corrected chi connectivity index (χ0v) is 20.5. The Kier molecular flexibility index (Phi) is 8.29. The zero-order chi connectivity index (χ0) is 26.0. The van der Waals surface area contributed by atoms with Crippen molar-refractivity contribution in [3.05, 3.63) is 125 Å². The minimum Gasteiger partial charge on any atom is -0.376 e. The van der Waals surface area contributed by atoms with Gasteiger partial charge in [0, 0.05) is 34.7 Å². The SMILES string of the molecule is Cc1cccc(C(=O)Nc2ccc(NCC(=O)Nc3cccc(C(=O)NCc4ccccc4)c3)cc2)c1. The largest absolute Gasteiger partial charge is 0.376 e. The molecular weight excluding hydrogens is 464 g/mol. The molecule has 4 N–H and O–H groups in total. The molecule has 3 amide bonds. The summed E-state index contributed by atoms with van der Waals surface area (Å²) in [6.07, 6.45) is 0. The molecule has 0 aliphatic rings. The summed E-state index contributed by atoms with van der Waals surface area (Å²) in [5, 5.41) is 11.6. The molecule has 7 heteroatoms. The number of nitrogens with one attached hydrogen (secondary N) is 4. The lowest BCUT2D eigenvalue weighted by Gasteiger charge is -2.11. The van der Waals surface area contributed by atoms with Crippen LogP contribution < -0.4 is 21.3 Å². The van der Waals surface area contributed by atoms with Gasteiger partial charge in [-0.2, -0.15) is 0 Å². The van der Waals surface area contributed by atoms with Gasteiger partial charge in [0.15, 0.2) is 0 Å². The van der Waals surface area contributed by atoms with Crippen molar-refractivity contribution < 1.29 is 14.4 Å². The second kappa shape index (κ2) is 12.2. The first-order valence-electron chi connectivity index (χ1n) is 11.9. The van der Waals surface area contributed by atoms with Gasteiger partial charge in [-0.3, -0.25) is 14.4 Å². The summed E-state index contributed by atoms with van der Waals surface area (Å²) in [5.41, 5.74) is 5.01. The molecule has 0 bridgehead atoms. The van der Waals surface area contributed by atoms with E-state index >= 15 is 0 Å². The van der Waals surface area contributed by atoms with Crippen molar-refractivity contribution in [2.75, 3.05) is 22.5 Å². The van der Waals surface area contributed by atoms with E-state index < -0.39 is 0 Å². The van der Waals surface area contributed by atoms with E-state index in [0.717, 1.165) is 16.8 Å². The topological polar surface area (TPSA) is 99.3 Å². The van der Waals surface area contributed by atoms with E-state index in [4.69, 9.17) is 0 Å². The fourth-order valence-electron chi connectivity index (χ4n) is 3.67. The molecule has 4 rings (SSSR count). The summed E-state index contributed by atoms with van der Waals surface area (Å²) >= 11 is 0. The third kappa shape index (κ3) is 7.53. The van der Waals surface area contributed by atoms with Crippen molar-refractivity contribution in [2.45, 2.75) is 13.5 Å². The van der Waals surface area contributed by atoms with E-state index in [-0.39, 0.29) is 24.3 Å². The fraction of sp³-hybridized carbons (Fsp3) is 0.100. The van der Waals surface area contributed by atoms with E-state index in [1.165, 1.54) is 0 Å². The van der Waals surface area contributed by atoms with Gasteiger partial charge in [-0.15, -0.1) is 0 Å². The van der Waals surface area contributed by atoms with Crippen LogP contribution in [0.5, 0.6) is 0 Å². The van der Waals surface area contributed by atoms with Crippen molar-refractivity contribution in [2.24, 2.45) is 0 Å². The monoisotopic (exact) mass is 492 g/mol. The first-order chi connectivity index (χ1) is 18.0. The summed E-state index contributed by atoms with van der Waals surface area (Å²) in [5.74, 6) is -0.647. The Bertz CT molecular complexity index is 1390. The number of aryl methyl sites for hydroxylation is 1. The van der Waals surface area contributed by atoms with Crippen LogP contribution in [0.15, 0.2) is 103 Å². The van der Waals surface area contributed by atoms with Gasteiger partial charge in [0.1, 0.15) is 0 Å². The third-order valence-electron chi connectivity index (χ3n) is 5.58. The zero-order valence-electron chi connectivity index (χ0n) is 20.5. The molecule has 0 aliphatic carbocycles. The van der Waals surface area contributed by atoms with Crippen molar-refractivity contribution in [3.8, 4) is 0 Å². The van der Waals surface area contributed by atoms with Crippen LogP contribution >= 0.6 is 0 Å². The Labute approximate surface area is 215 Å². The normalized spacial score (nSPS) is 10.3. The average molecular weight is 493 g/mol. The molecule has 0 atom stereocenters. The summed E-state index contributed by atoms with van der Waals surface area (Å²) in [6.45, 7) is 2.40. The minimum atomic E-state index is -0.251. The quantitative estimate of drug-likeness (QED) is 0.257. The standard InChI is InChI=1S/C30H28N4O3/c1-21-7-5-10-23(17-21)30(37)34-26-15-13-25(14-16-26)31-20-28(35)33-27-12-6-11-24(18-27)29(36)32-19-22-8-3-2-4-9-22/h2-18,31H,19-20H2,1H3,(H,32,36)(H,33,35)(H,34,37). The number of carbonyl (C=O) groups is 3. The van der Waals surface area contributed by atoms with Crippen LogP contribution in [0.3, 0.4) is 0 Å². The molecule has 0 unspecified atom stereocenters. The predicted molar refractivity (Wildman–Crippen MR) is 147 cm³/mol. The fourth-order valence-corrected chi connectivity index (χ4v) is 3.67. The molecule has 4 aromatic carbocycles. The molecule has 0 radical (unpaired) electrons. The van der Waals surface area contributed by atoms with Crippen LogP contribution in [0.2, 0.25) is 0 Å². The molecule has 0 aliphatic heterocycles. The number of rotatable bonds is 9. The molecule has 0 fully saturated rings. The van der Waals surface area contributed by atoms with Crippen LogP contribution in [0.4, 0.5) is 17.1 Å². The lowest BCUT2D eigenvalue weighted by Crippen LogP contribution is -2.24. The second-order valence-electron chi connectivity index (χ2n) is 8.55. The van der Waals surface area contributed by atoms with Crippen LogP contribution in [-0.2, 0) is 11.3 Å². The minimum absolute atomic E-state index is 0.0411. The Morgan fingerprint density at radius 3 is 2.03 bits per heavy atom. The molecule has 0 saturated heterocycles. The number of hydrogen-bond acceptors (Lipinski definition) is 4.